The van der Waals surface area contributed by atoms with Crippen molar-refractivity contribution in [2.24, 2.45) is 0 Å². The molecule has 2 nitrogen and oxygen atoms in total. The fourth-order valence-corrected chi connectivity index (χ4v) is 1.62. The van der Waals surface area contributed by atoms with Crippen molar-refractivity contribution in [1.82, 2.24) is 5.32 Å². The van der Waals surface area contributed by atoms with Gasteiger partial charge in [-0.3, -0.25) is 4.79 Å². The first-order valence-corrected chi connectivity index (χ1v) is 5.80. The monoisotopic (exact) mass is 229 g/mol. The Morgan fingerprint density at radius 2 is 2.00 bits per heavy atom. The summed E-state index contributed by atoms with van der Waals surface area (Å²) in [5.41, 5.74) is 4.86. The second-order valence-corrected chi connectivity index (χ2v) is 4.40. The van der Waals surface area contributed by atoms with Crippen molar-refractivity contribution in [3.8, 4) is 0 Å². The highest BCUT2D eigenvalue weighted by Crippen LogP contribution is 2.19. The Morgan fingerprint density at radius 1 is 1.35 bits per heavy atom. The molecule has 0 radical (unpaired) electrons. The molecular weight excluding hydrogens is 210 g/mol. The summed E-state index contributed by atoms with van der Waals surface area (Å²) >= 11 is 0. The number of carbonyl (C=O) groups excluding carboxylic acids is 1. The molecule has 1 rings (SSSR count). The number of rotatable bonds is 4. The second-order valence-electron chi connectivity index (χ2n) is 4.40. The van der Waals surface area contributed by atoms with Gasteiger partial charge in [0.25, 0.3) is 5.91 Å². The van der Waals surface area contributed by atoms with Crippen LogP contribution in [0.5, 0.6) is 0 Å². The van der Waals surface area contributed by atoms with Crippen molar-refractivity contribution < 1.29 is 4.79 Å². The summed E-state index contributed by atoms with van der Waals surface area (Å²) in [5.74, 6) is 0.327. The van der Waals surface area contributed by atoms with E-state index in [2.05, 4.69) is 43.6 Å². The van der Waals surface area contributed by atoms with Crippen LogP contribution in [0.4, 0.5) is 0 Å². The lowest BCUT2D eigenvalue weighted by molar-refractivity contribution is -0.117. The van der Waals surface area contributed by atoms with Crippen LogP contribution in [0.3, 0.4) is 0 Å². The number of benzene rings is 1. The Hall–Kier alpha value is -1.79. The Kier molecular flexibility index (Phi) is 4.74. The minimum atomic E-state index is -0.164. The second kappa shape index (κ2) is 6.07. The van der Waals surface area contributed by atoms with Crippen LogP contribution in [0.1, 0.15) is 43.9 Å². The molecule has 1 aromatic carbocycles. The molecule has 0 aliphatic carbocycles. The first kappa shape index (κ1) is 13.3. The van der Waals surface area contributed by atoms with Crippen molar-refractivity contribution in [2.75, 3.05) is 0 Å². The maximum absolute atomic E-state index is 11.4. The molecule has 0 fully saturated rings. The SMILES string of the molecule is C=C=CC(=O)NC(C)c1cccc(C(C)C)c1. The molecule has 1 atom stereocenters. The quantitative estimate of drug-likeness (QED) is 0.622. The van der Waals surface area contributed by atoms with Crippen LogP contribution in [0, 0.1) is 0 Å². The summed E-state index contributed by atoms with van der Waals surface area (Å²) in [7, 11) is 0. The van der Waals surface area contributed by atoms with Gasteiger partial charge in [-0.15, -0.1) is 5.73 Å². The van der Waals surface area contributed by atoms with Gasteiger partial charge in [-0.2, -0.15) is 0 Å². The lowest BCUT2D eigenvalue weighted by Crippen LogP contribution is -2.24. The van der Waals surface area contributed by atoms with Gasteiger partial charge in [0.2, 0.25) is 0 Å². The van der Waals surface area contributed by atoms with Gasteiger partial charge in [-0.25, -0.2) is 0 Å². The zero-order valence-electron chi connectivity index (χ0n) is 10.7. The van der Waals surface area contributed by atoms with Crippen LogP contribution in [-0.2, 0) is 4.79 Å². The van der Waals surface area contributed by atoms with E-state index in [4.69, 9.17) is 0 Å². The minimum Gasteiger partial charge on any atom is -0.346 e. The van der Waals surface area contributed by atoms with Crippen LogP contribution >= 0.6 is 0 Å². The van der Waals surface area contributed by atoms with Gasteiger partial charge in [-0.05, 0) is 24.0 Å². The van der Waals surface area contributed by atoms with Crippen LogP contribution in [0.2, 0.25) is 0 Å². The van der Waals surface area contributed by atoms with Crippen LogP contribution in [-0.4, -0.2) is 5.91 Å². The highest BCUT2D eigenvalue weighted by atomic mass is 16.1. The van der Waals surface area contributed by atoms with Gasteiger partial charge in [0.1, 0.15) is 0 Å². The third kappa shape index (κ3) is 3.93. The topological polar surface area (TPSA) is 29.1 Å². The fraction of sp³-hybridized carbons (Fsp3) is 0.333. The molecule has 0 aliphatic heterocycles. The van der Waals surface area contributed by atoms with Crippen LogP contribution in [0.25, 0.3) is 0 Å². The Balaban J connectivity index is 2.81. The van der Waals surface area contributed by atoms with E-state index in [1.54, 1.807) is 0 Å². The van der Waals surface area contributed by atoms with Crippen molar-refractivity contribution in [3.05, 3.63) is 53.8 Å². The standard InChI is InChI=1S/C15H19NO/c1-5-7-15(17)16-12(4)14-9-6-8-13(10-14)11(2)3/h6-12H,1H2,2-4H3,(H,16,17). The molecule has 1 N–H and O–H groups in total. The molecule has 0 aliphatic rings. The maximum atomic E-state index is 11.4. The summed E-state index contributed by atoms with van der Waals surface area (Å²) in [4.78, 5) is 11.4. The van der Waals surface area contributed by atoms with E-state index in [1.807, 2.05) is 19.1 Å². The van der Waals surface area contributed by atoms with Gasteiger partial charge in [-0.1, -0.05) is 44.7 Å². The van der Waals surface area contributed by atoms with E-state index in [1.165, 1.54) is 11.6 Å². The van der Waals surface area contributed by atoms with Gasteiger partial charge in [0.15, 0.2) is 0 Å². The maximum Gasteiger partial charge on any atom is 0.252 e. The lowest BCUT2D eigenvalue weighted by atomic mass is 9.98. The van der Waals surface area contributed by atoms with Gasteiger partial charge in [0.05, 0.1) is 6.04 Å². The van der Waals surface area contributed by atoms with E-state index >= 15 is 0 Å². The average molecular weight is 229 g/mol. The molecule has 1 aromatic rings. The molecule has 0 heterocycles. The van der Waals surface area contributed by atoms with E-state index in [0.29, 0.717) is 5.92 Å². The normalized spacial score (nSPS) is 11.8. The molecule has 0 bridgehead atoms. The summed E-state index contributed by atoms with van der Waals surface area (Å²) in [6.45, 7) is 9.65. The number of hydrogen-bond donors (Lipinski definition) is 1. The van der Waals surface area contributed by atoms with E-state index < -0.39 is 0 Å². The average Bonchev–Trinajstić information content (AvgIpc) is 2.29. The lowest BCUT2D eigenvalue weighted by Gasteiger charge is -2.15. The summed E-state index contributed by atoms with van der Waals surface area (Å²) < 4.78 is 0. The highest BCUT2D eigenvalue weighted by Gasteiger charge is 2.08. The van der Waals surface area contributed by atoms with Crippen molar-refractivity contribution in [2.45, 2.75) is 32.7 Å². The van der Waals surface area contributed by atoms with E-state index in [9.17, 15) is 4.79 Å². The molecule has 0 spiro atoms. The smallest absolute Gasteiger partial charge is 0.252 e. The minimum absolute atomic E-state index is 0.00852. The van der Waals surface area contributed by atoms with Gasteiger partial charge in [0, 0.05) is 6.08 Å². The number of carbonyl (C=O) groups is 1. The Bertz CT molecular complexity index is 442. The third-order valence-corrected chi connectivity index (χ3v) is 2.67. The molecule has 1 amide bonds. The van der Waals surface area contributed by atoms with Crippen molar-refractivity contribution >= 4 is 5.91 Å². The highest BCUT2D eigenvalue weighted by molar-refractivity contribution is 5.87. The van der Waals surface area contributed by atoms with Crippen LogP contribution in [0.15, 0.2) is 42.7 Å². The zero-order chi connectivity index (χ0) is 12.8. The molecule has 2 heteroatoms. The fourth-order valence-electron chi connectivity index (χ4n) is 1.62. The molecule has 0 aromatic heterocycles. The number of amides is 1. The summed E-state index contributed by atoms with van der Waals surface area (Å²) in [6.07, 6.45) is 1.31. The predicted octanol–water partition coefficient (Wildman–Crippen LogP) is 3.33. The molecular formula is C15H19NO. The summed E-state index contributed by atoms with van der Waals surface area (Å²) in [5, 5.41) is 2.87. The molecule has 90 valence electrons. The summed E-state index contributed by atoms with van der Waals surface area (Å²) in [6, 6.07) is 8.27. The van der Waals surface area contributed by atoms with Crippen molar-refractivity contribution in [3.63, 3.8) is 0 Å². The van der Waals surface area contributed by atoms with Crippen LogP contribution < -0.4 is 5.32 Å². The van der Waals surface area contributed by atoms with Crippen molar-refractivity contribution in [1.29, 1.82) is 0 Å². The van der Waals surface area contributed by atoms with E-state index in [-0.39, 0.29) is 11.9 Å². The number of hydrogen-bond acceptors (Lipinski definition) is 1. The first-order valence-electron chi connectivity index (χ1n) is 5.80. The molecule has 17 heavy (non-hydrogen) atoms. The molecule has 0 saturated heterocycles. The Labute approximate surface area is 103 Å². The van der Waals surface area contributed by atoms with Gasteiger partial charge < -0.3 is 5.32 Å². The van der Waals surface area contributed by atoms with E-state index in [0.717, 1.165) is 5.56 Å². The number of nitrogens with one attached hydrogen (secondary N) is 1. The molecule has 1 unspecified atom stereocenters. The first-order chi connectivity index (χ1) is 8.04. The predicted molar refractivity (Wildman–Crippen MR) is 70.8 cm³/mol. The largest absolute Gasteiger partial charge is 0.346 e. The molecule has 0 saturated carbocycles. The zero-order valence-corrected chi connectivity index (χ0v) is 10.7. The van der Waals surface area contributed by atoms with Gasteiger partial charge >= 0.3 is 0 Å². The Morgan fingerprint density at radius 3 is 2.59 bits per heavy atom. The third-order valence-electron chi connectivity index (χ3n) is 2.67.